The smallest absolute Gasteiger partial charge is 0.253 e. The fourth-order valence-corrected chi connectivity index (χ4v) is 8.95. The minimum Gasteiger partial charge on any atom is -0.508 e. The van der Waals surface area contributed by atoms with Gasteiger partial charge in [-0.2, -0.15) is 0 Å². The third-order valence-corrected chi connectivity index (χ3v) is 12.4. The van der Waals surface area contributed by atoms with Crippen LogP contribution < -0.4 is 34.5 Å². The predicted octanol–water partition coefficient (Wildman–Crippen LogP) is 9.93. The van der Waals surface area contributed by atoms with Crippen LogP contribution in [0.25, 0.3) is 33.1 Å². The summed E-state index contributed by atoms with van der Waals surface area (Å²) in [7, 11) is 1.65. The number of furan rings is 1. The summed E-state index contributed by atoms with van der Waals surface area (Å²) in [6, 6.07) is 25.4. The van der Waals surface area contributed by atoms with E-state index < -0.39 is 75.8 Å². The summed E-state index contributed by atoms with van der Waals surface area (Å²) in [6.07, 6.45) is -0.296. The maximum Gasteiger partial charge on any atom is 0.253 e. The van der Waals surface area contributed by atoms with E-state index in [1.54, 1.807) is 19.2 Å². The molecule has 1 aromatic heterocycles. The van der Waals surface area contributed by atoms with Gasteiger partial charge in [-0.05, 0) is 41.8 Å². The molecule has 78 heavy (non-hydrogen) atoms. The highest BCUT2D eigenvalue weighted by atomic mass is 19.1. The number of anilines is 1. The van der Waals surface area contributed by atoms with Gasteiger partial charge in [0.15, 0.2) is 34.3 Å². The molecule has 8 aromatic carbocycles. The van der Waals surface area contributed by atoms with Crippen LogP contribution in [0, 0.1) is 11.6 Å². The molecule has 3 heterocycles. The van der Waals surface area contributed by atoms with Crippen LogP contribution in [0.5, 0.6) is 97.7 Å². The Balaban J connectivity index is 0.000000183. The van der Waals surface area contributed by atoms with Gasteiger partial charge in [-0.1, -0.05) is 42.5 Å². The molecule has 0 bridgehead atoms. The van der Waals surface area contributed by atoms with Gasteiger partial charge in [0.1, 0.15) is 69.5 Å². The zero-order chi connectivity index (χ0) is 55.4. The van der Waals surface area contributed by atoms with E-state index in [1.165, 1.54) is 17.9 Å². The van der Waals surface area contributed by atoms with Gasteiger partial charge < -0.3 is 84.9 Å². The molecule has 2 aliphatic heterocycles. The summed E-state index contributed by atoms with van der Waals surface area (Å²) >= 11 is 0. The minimum absolute atomic E-state index is 0.0854. The molecule has 3 amide bonds. The number of rotatable bonds is 9. The first kappa shape index (κ1) is 50.7. The Labute approximate surface area is 437 Å². The number of hydrogen-bond acceptors (Lipinski definition) is 17. The average Bonchev–Trinajstić information content (AvgIpc) is 3.97. The van der Waals surface area contributed by atoms with Crippen LogP contribution in [0.1, 0.15) is 24.1 Å². The number of aromatic hydroxyl groups is 9. The third kappa shape index (κ3) is 9.62. The van der Waals surface area contributed by atoms with E-state index >= 15 is 0 Å². The van der Waals surface area contributed by atoms with Gasteiger partial charge in [0.25, 0.3) is 5.91 Å². The van der Waals surface area contributed by atoms with Crippen LogP contribution in [0.3, 0.4) is 0 Å². The fourth-order valence-electron chi connectivity index (χ4n) is 8.95. The van der Waals surface area contributed by atoms with Crippen molar-refractivity contribution in [3.63, 3.8) is 0 Å². The second kappa shape index (κ2) is 19.8. The Morgan fingerprint density at radius 2 is 1.22 bits per heavy atom. The minimum atomic E-state index is -0.984. The van der Waals surface area contributed by atoms with Crippen molar-refractivity contribution < 1.29 is 92.5 Å². The first-order chi connectivity index (χ1) is 37.2. The number of phenols is 9. The Hall–Kier alpha value is -10.8. The van der Waals surface area contributed by atoms with E-state index in [9.17, 15) is 69.1 Å². The van der Waals surface area contributed by atoms with E-state index in [0.717, 1.165) is 77.5 Å². The normalized spacial score (nSPS) is 13.5. The summed E-state index contributed by atoms with van der Waals surface area (Å²) < 4.78 is 55.6. The molecule has 20 nitrogen and oxygen atoms in total. The number of nitrogens with zero attached hydrogens (tertiary/aromatic N) is 1. The molecular formula is C56H41F2N3O17. The molecule has 22 heteroatoms. The van der Waals surface area contributed by atoms with Crippen molar-refractivity contribution in [2.75, 3.05) is 11.9 Å². The first-order valence-electron chi connectivity index (χ1n) is 23.2. The van der Waals surface area contributed by atoms with Crippen molar-refractivity contribution in [1.82, 2.24) is 10.6 Å². The number of ether oxygens (including phenoxy) is 4. The lowest BCUT2D eigenvalue weighted by Gasteiger charge is -2.24. The SMILES string of the molecule is C[C@H](NC(=O)Cc1cc(F)cc(F)c1)C(=O)N[C@@H]1C(=O)N(C)c2ccccc2-c2ccccc21.Oc1cc(O)cc(Oc2c(O)cc(O)c3c2Oc2c(cc4oc5c(Oc6cc(O)cc(O)c6)c(O)cc(O)c5c4c2O)O3)c1. The van der Waals surface area contributed by atoms with E-state index in [1.807, 2.05) is 36.4 Å². The largest absolute Gasteiger partial charge is 0.508 e. The van der Waals surface area contributed by atoms with E-state index in [0.29, 0.717) is 11.6 Å². The zero-order valence-corrected chi connectivity index (χ0v) is 40.4. The number of nitrogens with one attached hydrogen (secondary N) is 2. The number of carbonyl (C=O) groups is 3. The van der Waals surface area contributed by atoms with Crippen molar-refractivity contribution in [2.45, 2.75) is 25.4 Å². The molecule has 0 spiro atoms. The van der Waals surface area contributed by atoms with Crippen molar-refractivity contribution in [1.29, 1.82) is 0 Å². The lowest BCUT2D eigenvalue weighted by atomic mass is 9.95. The second-order valence-electron chi connectivity index (χ2n) is 17.8. The van der Waals surface area contributed by atoms with E-state index in [-0.39, 0.29) is 97.3 Å². The molecule has 2 aliphatic rings. The molecule has 0 radical (unpaired) electrons. The number of fused-ring (bicyclic) bond motifs is 8. The summed E-state index contributed by atoms with van der Waals surface area (Å²) in [5.41, 5.74) is 2.88. The molecular weight excluding hydrogens is 1020 g/mol. The fraction of sp³-hybridized carbons (Fsp3) is 0.0893. The summed E-state index contributed by atoms with van der Waals surface area (Å²) in [6.45, 7) is 1.48. The standard InChI is InChI=1S/C30H18O14.C26H23F2N3O3/c31-10-1-11(32)4-14(3-10)40-25-17(36)7-16(35)22-23-20(42-29(22)25)9-21-28(24(23)39)44-30-26(18(37)8-19(38)27(30)43-21)41-15-5-12(33)2-13(34)6-15;1-15(29-23(32)13-16-11-17(27)14-18(28)12-16)25(33)30-24-21-9-4-3-7-19(21)20-8-5-6-10-22(20)31(2)26(24)34/h1-9,31-39H;3-12,14-15,24H,13H2,1-2H3,(H,29,32)(H,30,33)/t;15-,24-/m.0/s1. The number of para-hydroxylation sites is 1. The van der Waals surface area contributed by atoms with Gasteiger partial charge in [0.05, 0.1) is 22.9 Å². The van der Waals surface area contributed by atoms with Crippen LogP contribution in [-0.2, 0) is 20.8 Å². The maximum absolute atomic E-state index is 13.4. The van der Waals surface area contributed by atoms with E-state index in [4.69, 9.17) is 23.4 Å². The maximum atomic E-state index is 13.4. The van der Waals surface area contributed by atoms with Crippen molar-refractivity contribution >= 4 is 45.3 Å². The van der Waals surface area contributed by atoms with Crippen molar-refractivity contribution in [2.24, 2.45) is 0 Å². The molecule has 11 rings (SSSR count). The third-order valence-electron chi connectivity index (χ3n) is 12.4. The number of halogens is 2. The van der Waals surface area contributed by atoms with Crippen LogP contribution in [0.2, 0.25) is 0 Å². The highest BCUT2D eigenvalue weighted by molar-refractivity contribution is 6.15. The van der Waals surface area contributed by atoms with Gasteiger partial charge in [0, 0.05) is 73.3 Å². The summed E-state index contributed by atoms with van der Waals surface area (Å²) in [5, 5.41) is 98.1. The Kier molecular flexibility index (Phi) is 12.9. The molecule has 0 aliphatic carbocycles. The molecule has 0 unspecified atom stereocenters. The monoisotopic (exact) mass is 1070 g/mol. The summed E-state index contributed by atoms with van der Waals surface area (Å²) in [4.78, 5) is 40.1. The number of carbonyl (C=O) groups excluding carboxylic acids is 3. The highest BCUT2D eigenvalue weighted by Crippen LogP contribution is 2.62. The molecule has 0 fully saturated rings. The van der Waals surface area contributed by atoms with Crippen LogP contribution >= 0.6 is 0 Å². The van der Waals surface area contributed by atoms with E-state index in [2.05, 4.69) is 10.6 Å². The van der Waals surface area contributed by atoms with Crippen LogP contribution in [-0.4, -0.2) is 76.8 Å². The first-order valence-corrected chi connectivity index (χ1v) is 23.2. The van der Waals surface area contributed by atoms with Gasteiger partial charge in [-0.25, -0.2) is 8.78 Å². The van der Waals surface area contributed by atoms with Crippen LogP contribution in [0.15, 0.2) is 126 Å². The Morgan fingerprint density at radius 1 is 0.641 bits per heavy atom. The molecule has 9 aromatic rings. The number of hydrogen-bond donors (Lipinski definition) is 11. The predicted molar refractivity (Wildman–Crippen MR) is 272 cm³/mol. The lowest BCUT2D eigenvalue weighted by Crippen LogP contribution is -2.49. The highest BCUT2D eigenvalue weighted by Gasteiger charge is 2.36. The number of amides is 3. The molecule has 2 atom stereocenters. The van der Waals surface area contributed by atoms with Gasteiger partial charge in [0.2, 0.25) is 40.6 Å². The Bertz CT molecular complexity index is 3900. The van der Waals surface area contributed by atoms with Gasteiger partial charge >= 0.3 is 0 Å². The molecule has 0 saturated carbocycles. The van der Waals surface area contributed by atoms with Crippen molar-refractivity contribution in [3.8, 4) is 109 Å². The van der Waals surface area contributed by atoms with Gasteiger partial charge in [-0.15, -0.1) is 0 Å². The zero-order valence-electron chi connectivity index (χ0n) is 40.4. The van der Waals surface area contributed by atoms with Gasteiger partial charge in [-0.3, -0.25) is 14.4 Å². The quantitative estimate of drug-likeness (QED) is 0.0640. The lowest BCUT2D eigenvalue weighted by molar-refractivity contribution is -0.130. The summed E-state index contributed by atoms with van der Waals surface area (Å²) in [5.74, 6) is -9.59. The number of benzene rings is 8. The number of phenolic OH excluding ortho intramolecular Hbond substituents is 9. The van der Waals surface area contributed by atoms with Crippen LogP contribution in [0.4, 0.5) is 14.5 Å². The average molecular weight is 1070 g/mol. The second-order valence-corrected chi connectivity index (χ2v) is 17.8. The molecule has 11 N–H and O–H groups in total. The topological polar surface area (TPSA) is 311 Å². The number of likely N-dealkylation sites (N-methyl/N-ethyl adjacent to an activating group) is 1. The molecule has 0 saturated heterocycles. The Morgan fingerprint density at radius 3 is 1.87 bits per heavy atom. The van der Waals surface area contributed by atoms with Crippen molar-refractivity contribution in [3.05, 3.63) is 144 Å². The molecule has 396 valence electrons.